The monoisotopic (exact) mass is 275 g/mol. The Bertz CT molecular complexity index is 570. The van der Waals surface area contributed by atoms with Crippen LogP contribution in [0.3, 0.4) is 0 Å². The summed E-state index contributed by atoms with van der Waals surface area (Å²) in [5, 5.41) is 4.28. The molecule has 2 aromatic rings. The van der Waals surface area contributed by atoms with Crippen molar-refractivity contribution < 1.29 is 4.42 Å². The molecule has 19 heavy (non-hydrogen) atoms. The van der Waals surface area contributed by atoms with Crippen LogP contribution >= 0.6 is 11.6 Å². The van der Waals surface area contributed by atoms with E-state index >= 15 is 0 Å². The number of piperidine rings is 1. The Morgan fingerprint density at radius 1 is 1.21 bits per heavy atom. The number of rotatable bonds is 2. The largest absolute Gasteiger partial charge is 0.459 e. The van der Waals surface area contributed by atoms with Gasteiger partial charge in [0.15, 0.2) is 0 Å². The summed E-state index contributed by atoms with van der Waals surface area (Å²) in [4.78, 5) is 0. The van der Waals surface area contributed by atoms with Crippen LogP contribution in [0.1, 0.15) is 36.6 Å². The molecule has 1 N–H and O–H groups in total. The minimum absolute atomic E-state index is 0.364. The predicted octanol–water partition coefficient (Wildman–Crippen LogP) is 4.72. The Hall–Kier alpha value is -1.25. The second kappa shape index (κ2) is 5.40. The van der Waals surface area contributed by atoms with Crippen molar-refractivity contribution in [3.05, 3.63) is 46.7 Å². The lowest BCUT2D eigenvalue weighted by Gasteiger charge is -2.21. The maximum atomic E-state index is 6.17. The molecule has 2 nitrogen and oxygen atoms in total. The van der Waals surface area contributed by atoms with Gasteiger partial charge < -0.3 is 9.73 Å². The van der Waals surface area contributed by atoms with E-state index in [1.54, 1.807) is 0 Å². The summed E-state index contributed by atoms with van der Waals surface area (Å²) in [7, 11) is 0. The second-order valence-corrected chi connectivity index (χ2v) is 5.58. The first-order valence-electron chi connectivity index (χ1n) is 6.84. The first-order valence-corrected chi connectivity index (χ1v) is 7.21. The lowest BCUT2D eigenvalue weighted by atomic mass is 10.0. The van der Waals surface area contributed by atoms with E-state index < -0.39 is 0 Å². The van der Waals surface area contributed by atoms with Gasteiger partial charge in [0.25, 0.3) is 0 Å². The van der Waals surface area contributed by atoms with Crippen molar-refractivity contribution in [3.63, 3.8) is 0 Å². The summed E-state index contributed by atoms with van der Waals surface area (Å²) in [6.45, 7) is 3.09. The van der Waals surface area contributed by atoms with Crippen LogP contribution < -0.4 is 5.32 Å². The molecular formula is C16H18ClNO. The summed E-state index contributed by atoms with van der Waals surface area (Å²) in [6, 6.07) is 10.5. The molecule has 1 atom stereocenters. The third kappa shape index (κ3) is 2.70. The molecule has 3 rings (SSSR count). The third-order valence-electron chi connectivity index (χ3n) is 3.74. The third-order valence-corrected chi connectivity index (χ3v) is 4.14. The van der Waals surface area contributed by atoms with Crippen molar-refractivity contribution in [2.45, 2.75) is 32.2 Å². The summed E-state index contributed by atoms with van der Waals surface area (Å²) >= 11 is 6.17. The van der Waals surface area contributed by atoms with Gasteiger partial charge in [0.2, 0.25) is 0 Å². The Morgan fingerprint density at radius 3 is 2.84 bits per heavy atom. The number of hydrogen-bond acceptors (Lipinski definition) is 2. The molecule has 3 heteroatoms. The zero-order valence-corrected chi connectivity index (χ0v) is 11.8. The quantitative estimate of drug-likeness (QED) is 0.858. The molecule has 1 saturated heterocycles. The predicted molar refractivity (Wildman–Crippen MR) is 78.5 cm³/mol. The Balaban J connectivity index is 1.85. The van der Waals surface area contributed by atoms with Crippen molar-refractivity contribution in [1.29, 1.82) is 0 Å². The second-order valence-electron chi connectivity index (χ2n) is 5.17. The first-order chi connectivity index (χ1) is 9.24. The number of aryl methyl sites for hydroxylation is 1. The Labute approximate surface area is 118 Å². The van der Waals surface area contributed by atoms with Crippen LogP contribution in [-0.2, 0) is 0 Å². The fourth-order valence-electron chi connectivity index (χ4n) is 2.54. The molecule has 0 spiro atoms. The molecule has 100 valence electrons. The van der Waals surface area contributed by atoms with Crippen LogP contribution in [0.5, 0.6) is 0 Å². The van der Waals surface area contributed by atoms with Gasteiger partial charge in [-0.25, -0.2) is 0 Å². The minimum Gasteiger partial charge on any atom is -0.459 e. The number of furan rings is 1. The van der Waals surface area contributed by atoms with E-state index in [9.17, 15) is 0 Å². The van der Waals surface area contributed by atoms with Gasteiger partial charge in [0.1, 0.15) is 11.5 Å². The number of benzene rings is 1. The minimum atomic E-state index is 0.364. The molecule has 0 bridgehead atoms. The van der Waals surface area contributed by atoms with Crippen LogP contribution in [0.2, 0.25) is 5.02 Å². The van der Waals surface area contributed by atoms with E-state index in [1.807, 2.05) is 25.1 Å². The molecule has 1 aromatic heterocycles. The molecule has 1 aliphatic rings. The fraction of sp³-hybridized carbons (Fsp3) is 0.375. The van der Waals surface area contributed by atoms with Gasteiger partial charge in [0, 0.05) is 10.6 Å². The lowest BCUT2D eigenvalue weighted by molar-refractivity contribution is 0.353. The summed E-state index contributed by atoms with van der Waals surface area (Å²) < 4.78 is 5.98. The lowest BCUT2D eigenvalue weighted by Crippen LogP contribution is -2.26. The smallest absolute Gasteiger partial charge is 0.134 e. The van der Waals surface area contributed by atoms with Gasteiger partial charge in [-0.05, 0) is 50.1 Å². The van der Waals surface area contributed by atoms with E-state index in [0.29, 0.717) is 6.04 Å². The van der Waals surface area contributed by atoms with Crippen molar-refractivity contribution >= 4 is 11.6 Å². The average molecular weight is 276 g/mol. The Morgan fingerprint density at radius 2 is 2.11 bits per heavy atom. The normalized spacial score (nSPS) is 19.6. The maximum absolute atomic E-state index is 6.17. The molecular weight excluding hydrogens is 258 g/mol. The van der Waals surface area contributed by atoms with Gasteiger partial charge in [-0.3, -0.25) is 0 Å². The van der Waals surface area contributed by atoms with Gasteiger partial charge in [0.05, 0.1) is 6.04 Å². The first kappa shape index (κ1) is 12.8. The molecule has 0 aliphatic carbocycles. The van der Waals surface area contributed by atoms with Gasteiger partial charge in [-0.15, -0.1) is 0 Å². The summed E-state index contributed by atoms with van der Waals surface area (Å²) in [6.07, 6.45) is 3.68. The highest BCUT2D eigenvalue weighted by atomic mass is 35.5. The molecule has 0 amide bonds. The number of halogens is 1. The highest BCUT2D eigenvalue weighted by molar-refractivity contribution is 6.31. The van der Waals surface area contributed by atoms with Crippen LogP contribution in [0, 0.1) is 6.92 Å². The van der Waals surface area contributed by atoms with E-state index in [-0.39, 0.29) is 0 Å². The van der Waals surface area contributed by atoms with E-state index in [0.717, 1.165) is 40.6 Å². The van der Waals surface area contributed by atoms with Gasteiger partial charge >= 0.3 is 0 Å². The Kier molecular flexibility index (Phi) is 3.63. The van der Waals surface area contributed by atoms with Gasteiger partial charge in [-0.1, -0.05) is 30.2 Å². The topological polar surface area (TPSA) is 25.2 Å². The fourth-order valence-corrected chi connectivity index (χ4v) is 2.72. The zero-order chi connectivity index (χ0) is 13.2. The van der Waals surface area contributed by atoms with Crippen molar-refractivity contribution in [3.8, 4) is 11.3 Å². The zero-order valence-electron chi connectivity index (χ0n) is 11.1. The summed E-state index contributed by atoms with van der Waals surface area (Å²) in [5.41, 5.74) is 2.13. The molecule has 1 aliphatic heterocycles. The molecule has 0 saturated carbocycles. The van der Waals surface area contributed by atoms with Crippen LogP contribution in [0.4, 0.5) is 0 Å². The molecule has 0 radical (unpaired) electrons. The van der Waals surface area contributed by atoms with Crippen LogP contribution in [0.15, 0.2) is 34.7 Å². The van der Waals surface area contributed by atoms with Gasteiger partial charge in [-0.2, -0.15) is 0 Å². The molecule has 0 unspecified atom stereocenters. The summed E-state index contributed by atoms with van der Waals surface area (Å²) in [5.74, 6) is 1.93. The molecule has 1 aromatic carbocycles. The van der Waals surface area contributed by atoms with E-state index in [4.69, 9.17) is 16.0 Å². The maximum Gasteiger partial charge on any atom is 0.134 e. The van der Waals surface area contributed by atoms with E-state index in [2.05, 4.69) is 17.4 Å². The standard InChI is InChI=1S/C16H18ClNO/c1-11-5-6-12(10-13(11)17)15-7-8-16(19-15)14-4-2-3-9-18-14/h5-8,10,14,18H,2-4,9H2,1H3/t14-/m0/s1. The van der Waals surface area contributed by atoms with E-state index in [1.165, 1.54) is 12.8 Å². The molecule has 1 fully saturated rings. The van der Waals surface area contributed by atoms with Crippen molar-refractivity contribution in [1.82, 2.24) is 5.32 Å². The average Bonchev–Trinajstić information content (AvgIpc) is 2.93. The van der Waals surface area contributed by atoms with Crippen molar-refractivity contribution in [2.75, 3.05) is 6.54 Å². The highest BCUT2D eigenvalue weighted by Gasteiger charge is 2.18. The highest BCUT2D eigenvalue weighted by Crippen LogP contribution is 2.31. The molecule has 2 heterocycles. The number of hydrogen-bond donors (Lipinski definition) is 1. The number of nitrogens with one attached hydrogen (secondary N) is 1. The van der Waals surface area contributed by atoms with Crippen LogP contribution in [0.25, 0.3) is 11.3 Å². The van der Waals surface area contributed by atoms with Crippen LogP contribution in [-0.4, -0.2) is 6.54 Å². The SMILES string of the molecule is Cc1ccc(-c2ccc([C@@H]3CCCCN3)o2)cc1Cl. The van der Waals surface area contributed by atoms with Crippen molar-refractivity contribution in [2.24, 2.45) is 0 Å².